The van der Waals surface area contributed by atoms with E-state index in [0.29, 0.717) is 18.4 Å². The van der Waals surface area contributed by atoms with E-state index < -0.39 is 5.41 Å². The van der Waals surface area contributed by atoms with Crippen molar-refractivity contribution in [2.75, 3.05) is 0 Å². The largest absolute Gasteiger partial charge is 0.460 e. The van der Waals surface area contributed by atoms with Crippen molar-refractivity contribution in [3.8, 4) is 0 Å². The van der Waals surface area contributed by atoms with Crippen LogP contribution in [-0.2, 0) is 21.6 Å². The minimum Gasteiger partial charge on any atom is -0.460 e. The van der Waals surface area contributed by atoms with E-state index in [2.05, 4.69) is 0 Å². The Morgan fingerprint density at radius 1 is 1.08 bits per heavy atom. The summed E-state index contributed by atoms with van der Waals surface area (Å²) >= 11 is 0. The van der Waals surface area contributed by atoms with Gasteiger partial charge in [0.1, 0.15) is 12.4 Å². The molecule has 0 atom stereocenters. The predicted octanol–water partition coefficient (Wildman–Crippen LogP) is 4.73. The lowest BCUT2D eigenvalue weighted by Crippen LogP contribution is -2.23. The van der Waals surface area contributed by atoms with Crippen LogP contribution in [-0.4, -0.2) is 11.8 Å². The van der Waals surface area contributed by atoms with Crippen LogP contribution >= 0.6 is 0 Å². The van der Waals surface area contributed by atoms with Crippen molar-refractivity contribution in [1.82, 2.24) is 0 Å². The van der Waals surface area contributed by atoms with E-state index in [1.54, 1.807) is 19.1 Å². The van der Waals surface area contributed by atoms with E-state index in [0.717, 1.165) is 27.8 Å². The highest BCUT2D eigenvalue weighted by molar-refractivity contribution is 5.97. The third-order valence-electron chi connectivity index (χ3n) is 5.37. The van der Waals surface area contributed by atoms with Gasteiger partial charge in [-0.25, -0.2) is 4.39 Å². The quantitative estimate of drug-likeness (QED) is 0.576. The van der Waals surface area contributed by atoms with Gasteiger partial charge in [0.2, 0.25) is 0 Å². The third-order valence-corrected chi connectivity index (χ3v) is 5.37. The number of aryl methyl sites for hydroxylation is 2. The van der Waals surface area contributed by atoms with Crippen molar-refractivity contribution < 1.29 is 18.7 Å². The molecule has 1 aliphatic rings. The zero-order chi connectivity index (χ0) is 19.1. The molecule has 3 rings (SSSR count). The zero-order valence-electron chi connectivity index (χ0n) is 15.6. The molecule has 1 fully saturated rings. The topological polar surface area (TPSA) is 43.4 Å². The van der Waals surface area contributed by atoms with Gasteiger partial charge in [-0.2, -0.15) is 0 Å². The van der Waals surface area contributed by atoms with Crippen molar-refractivity contribution in [2.45, 2.75) is 52.6 Å². The van der Waals surface area contributed by atoms with E-state index in [9.17, 15) is 14.0 Å². The summed E-state index contributed by atoms with van der Waals surface area (Å²) in [6.07, 6.45) is 1.42. The van der Waals surface area contributed by atoms with Gasteiger partial charge in [-0.3, -0.25) is 9.59 Å². The molecular weight excluding hydrogens is 331 g/mol. The number of carbonyl (C=O) groups excluding carboxylic acids is 2. The monoisotopic (exact) mass is 354 g/mol. The van der Waals surface area contributed by atoms with Crippen molar-refractivity contribution in [1.29, 1.82) is 0 Å². The minimum absolute atomic E-state index is 0.0116. The highest BCUT2D eigenvalue weighted by atomic mass is 19.1. The van der Waals surface area contributed by atoms with Gasteiger partial charge in [-0.15, -0.1) is 0 Å². The second kappa shape index (κ2) is 6.67. The summed E-state index contributed by atoms with van der Waals surface area (Å²) in [5.74, 6) is -0.592. The molecule has 0 heterocycles. The Kier molecular flexibility index (Phi) is 4.70. The molecule has 0 N–H and O–H groups in total. The highest BCUT2D eigenvalue weighted by Gasteiger charge is 2.52. The van der Waals surface area contributed by atoms with Crippen LogP contribution in [0.5, 0.6) is 0 Å². The van der Waals surface area contributed by atoms with Crippen molar-refractivity contribution >= 4 is 11.8 Å². The van der Waals surface area contributed by atoms with Gasteiger partial charge in [0, 0.05) is 5.56 Å². The number of halogens is 1. The number of ketones is 1. The molecule has 0 aliphatic heterocycles. The summed E-state index contributed by atoms with van der Waals surface area (Å²) in [4.78, 5) is 24.6. The van der Waals surface area contributed by atoms with Crippen molar-refractivity contribution in [3.63, 3.8) is 0 Å². The lowest BCUT2D eigenvalue weighted by atomic mass is 9.92. The van der Waals surface area contributed by atoms with Crippen LogP contribution in [0.3, 0.4) is 0 Å². The number of esters is 1. The van der Waals surface area contributed by atoms with Crippen LogP contribution in [0.2, 0.25) is 0 Å². The van der Waals surface area contributed by atoms with Crippen LogP contribution in [0.15, 0.2) is 30.3 Å². The molecule has 3 nitrogen and oxygen atoms in total. The summed E-state index contributed by atoms with van der Waals surface area (Å²) in [5.41, 5.74) is 4.53. The maximum absolute atomic E-state index is 13.1. The molecule has 4 heteroatoms. The first kappa shape index (κ1) is 18.3. The molecule has 0 bridgehead atoms. The van der Waals surface area contributed by atoms with E-state index in [4.69, 9.17) is 4.74 Å². The molecule has 0 spiro atoms. The molecule has 0 unspecified atom stereocenters. The van der Waals surface area contributed by atoms with Gasteiger partial charge in [0.15, 0.2) is 5.78 Å². The van der Waals surface area contributed by atoms with E-state index in [-0.39, 0.29) is 24.2 Å². The molecule has 0 aromatic heterocycles. The van der Waals surface area contributed by atoms with Crippen molar-refractivity contribution in [2.24, 2.45) is 0 Å². The molecule has 2 aromatic carbocycles. The predicted molar refractivity (Wildman–Crippen MR) is 97.8 cm³/mol. The second-order valence-corrected chi connectivity index (χ2v) is 7.21. The Balaban J connectivity index is 1.81. The normalized spacial score (nSPS) is 14.8. The molecular formula is C22H23FO3. The standard InChI is InChI=1S/C22H23FO3/c1-13-11-14(2)20(16(4)24)15(3)19(13)12-26-21(25)22(9-10-22)17-5-7-18(23)8-6-17/h5-8,11H,9-10,12H2,1-4H3. The Bertz CT molecular complexity index is 877. The number of hydrogen-bond acceptors (Lipinski definition) is 3. The number of carbonyl (C=O) groups is 2. The fraction of sp³-hybridized carbons (Fsp3) is 0.364. The average molecular weight is 354 g/mol. The molecule has 1 saturated carbocycles. The van der Waals surface area contributed by atoms with Crippen LogP contribution in [0.1, 0.15) is 57.9 Å². The molecule has 2 aromatic rings. The van der Waals surface area contributed by atoms with E-state index in [1.165, 1.54) is 12.1 Å². The van der Waals surface area contributed by atoms with Crippen LogP contribution in [0.25, 0.3) is 0 Å². The Morgan fingerprint density at radius 2 is 1.69 bits per heavy atom. The van der Waals surface area contributed by atoms with Crippen molar-refractivity contribution in [3.05, 3.63) is 69.5 Å². The molecule has 0 saturated heterocycles. The summed E-state index contributed by atoms with van der Waals surface area (Å²) < 4.78 is 18.8. The van der Waals surface area contributed by atoms with E-state index in [1.807, 2.05) is 26.8 Å². The average Bonchev–Trinajstić information content (AvgIpc) is 3.36. The van der Waals surface area contributed by atoms with Gasteiger partial charge in [-0.05, 0) is 80.5 Å². The Hall–Kier alpha value is -2.49. The summed E-state index contributed by atoms with van der Waals surface area (Å²) in [5, 5.41) is 0. The Morgan fingerprint density at radius 3 is 2.23 bits per heavy atom. The summed E-state index contributed by atoms with van der Waals surface area (Å²) in [7, 11) is 0. The maximum atomic E-state index is 13.1. The van der Waals surface area contributed by atoms with Gasteiger partial charge < -0.3 is 4.74 Å². The fourth-order valence-electron chi connectivity index (χ4n) is 3.77. The molecule has 1 aliphatic carbocycles. The van der Waals surface area contributed by atoms with Gasteiger partial charge in [0.05, 0.1) is 5.41 Å². The molecule has 0 radical (unpaired) electrons. The number of ether oxygens (including phenoxy) is 1. The number of hydrogen-bond donors (Lipinski definition) is 0. The third kappa shape index (κ3) is 3.16. The summed E-state index contributed by atoms with van der Waals surface area (Å²) in [6.45, 7) is 7.46. The molecule has 0 amide bonds. The first-order valence-electron chi connectivity index (χ1n) is 8.80. The lowest BCUT2D eigenvalue weighted by Gasteiger charge is -2.18. The second-order valence-electron chi connectivity index (χ2n) is 7.21. The lowest BCUT2D eigenvalue weighted by molar-refractivity contribution is -0.148. The number of rotatable bonds is 5. The Labute approximate surface area is 153 Å². The first-order chi connectivity index (χ1) is 12.3. The SMILES string of the molecule is CC(=O)c1c(C)cc(C)c(COC(=O)C2(c3ccc(F)cc3)CC2)c1C. The van der Waals surface area contributed by atoms with Gasteiger partial charge in [0.25, 0.3) is 0 Å². The maximum Gasteiger partial charge on any atom is 0.316 e. The fourth-order valence-corrected chi connectivity index (χ4v) is 3.77. The smallest absolute Gasteiger partial charge is 0.316 e. The van der Waals surface area contributed by atoms with E-state index >= 15 is 0 Å². The molecule has 136 valence electrons. The molecule has 26 heavy (non-hydrogen) atoms. The van der Waals surface area contributed by atoms with Crippen LogP contribution in [0, 0.1) is 26.6 Å². The van der Waals surface area contributed by atoms with Gasteiger partial charge >= 0.3 is 5.97 Å². The number of benzene rings is 2. The van der Waals surface area contributed by atoms with Gasteiger partial charge in [-0.1, -0.05) is 18.2 Å². The minimum atomic E-state index is -0.649. The number of Topliss-reactive ketones (excluding diaryl/α,β-unsaturated/α-hetero) is 1. The summed E-state index contributed by atoms with van der Waals surface area (Å²) in [6, 6.07) is 8.01. The highest BCUT2D eigenvalue weighted by Crippen LogP contribution is 2.49. The zero-order valence-corrected chi connectivity index (χ0v) is 15.6. The van der Waals surface area contributed by atoms with Crippen LogP contribution in [0.4, 0.5) is 4.39 Å². The van der Waals surface area contributed by atoms with Crippen LogP contribution < -0.4 is 0 Å². The first-order valence-corrected chi connectivity index (χ1v) is 8.80.